The monoisotopic (exact) mass is 283 g/mol. The molecule has 0 N–H and O–H groups in total. The summed E-state index contributed by atoms with van der Waals surface area (Å²) in [6.45, 7) is 4.33. The topological polar surface area (TPSA) is 110 Å². The molecular weight excluding hydrogens is 272 g/mol. The minimum Gasteiger partial charge on any atom is -0.749 e. The molecule has 0 aromatic carbocycles. The van der Waals surface area contributed by atoms with E-state index < -0.39 is 39.8 Å². The number of allylic oxidation sites excluding steroid dienone is 2. The van der Waals surface area contributed by atoms with Crippen LogP contribution in [0.5, 0.6) is 0 Å². The van der Waals surface area contributed by atoms with E-state index in [1.54, 1.807) is 0 Å². The van der Waals surface area contributed by atoms with Gasteiger partial charge in [0.15, 0.2) is 0 Å². The van der Waals surface area contributed by atoms with Gasteiger partial charge in [-0.25, -0.2) is 9.00 Å². The van der Waals surface area contributed by atoms with Crippen LogP contribution >= 0.6 is 0 Å². The van der Waals surface area contributed by atoms with Crippen molar-refractivity contribution in [3.05, 3.63) is 24.3 Å². The van der Waals surface area contributed by atoms with Crippen molar-refractivity contribution in [1.82, 2.24) is 0 Å². The molecule has 0 saturated heterocycles. The largest absolute Gasteiger partial charge is 0.749 e. The van der Waals surface area contributed by atoms with E-state index in [1.165, 1.54) is 19.1 Å². The van der Waals surface area contributed by atoms with Crippen LogP contribution in [0, 0.1) is 0 Å². The molecule has 0 amide bonds. The molecule has 7 nitrogen and oxygen atoms in total. The van der Waals surface area contributed by atoms with Crippen LogP contribution in [0.3, 0.4) is 0 Å². The fourth-order valence-electron chi connectivity index (χ4n) is 0.714. The lowest BCUT2D eigenvalue weighted by atomic mass is 10.3. The highest BCUT2D eigenvalue weighted by molar-refractivity contribution is 7.95. The van der Waals surface area contributed by atoms with Crippen LogP contribution in [-0.4, -0.2) is 35.5 Å². The van der Waals surface area contributed by atoms with Gasteiger partial charge in [-0.3, -0.25) is 0 Å². The molecule has 0 spiro atoms. The highest BCUT2D eigenvalue weighted by Crippen LogP contribution is 1.99. The number of hydrogen-bond donors (Lipinski definition) is 0. The molecular formula is C8H11O7S2-. The molecule has 0 radical (unpaired) electrons. The third kappa shape index (κ3) is 7.80. The van der Waals surface area contributed by atoms with Crippen LogP contribution in [0.4, 0.5) is 0 Å². The molecule has 0 fully saturated rings. The normalized spacial score (nSPS) is 14.1. The van der Waals surface area contributed by atoms with Gasteiger partial charge in [0, 0.05) is 5.57 Å². The van der Waals surface area contributed by atoms with Gasteiger partial charge in [0.1, 0.15) is 23.7 Å². The first kappa shape index (κ1) is 16.0. The lowest BCUT2D eigenvalue weighted by molar-refractivity contribution is -0.138. The third-order valence-corrected chi connectivity index (χ3v) is 3.36. The molecule has 0 aliphatic rings. The second-order valence-corrected chi connectivity index (χ2v) is 5.23. The van der Waals surface area contributed by atoms with Crippen molar-refractivity contribution in [2.75, 3.05) is 12.4 Å². The predicted molar refractivity (Wildman–Crippen MR) is 58.7 cm³/mol. The average Bonchev–Trinajstić information content (AvgIpc) is 2.15. The maximum absolute atomic E-state index is 11.1. The van der Waals surface area contributed by atoms with Crippen molar-refractivity contribution < 1.29 is 30.3 Å². The Kier molecular flexibility index (Phi) is 6.88. The molecule has 0 aliphatic heterocycles. The summed E-state index contributed by atoms with van der Waals surface area (Å²) in [5.41, 5.74) is 0.241. The molecule has 1 unspecified atom stereocenters. The Morgan fingerprint density at radius 2 is 2.12 bits per heavy atom. The SMILES string of the molecule is C=CC=C(C)C(=O)OCCS(=O)(=O)OS(=O)[O-]. The van der Waals surface area contributed by atoms with Crippen LogP contribution in [0.2, 0.25) is 0 Å². The van der Waals surface area contributed by atoms with Gasteiger partial charge in [0.25, 0.3) is 10.1 Å². The second-order valence-electron chi connectivity index (χ2n) is 2.76. The zero-order valence-electron chi connectivity index (χ0n) is 8.95. The van der Waals surface area contributed by atoms with Crippen molar-refractivity contribution in [1.29, 1.82) is 0 Å². The van der Waals surface area contributed by atoms with E-state index in [0.29, 0.717) is 0 Å². The Morgan fingerprint density at radius 3 is 2.59 bits per heavy atom. The summed E-state index contributed by atoms with van der Waals surface area (Å²) in [5, 5.41) is 0. The highest BCUT2D eigenvalue weighted by atomic mass is 32.3. The molecule has 0 rings (SSSR count). The molecule has 98 valence electrons. The minimum atomic E-state index is -4.24. The summed E-state index contributed by atoms with van der Waals surface area (Å²) in [7, 11) is -4.24. The van der Waals surface area contributed by atoms with Crippen molar-refractivity contribution in [2.45, 2.75) is 6.92 Å². The molecule has 17 heavy (non-hydrogen) atoms. The molecule has 0 aliphatic carbocycles. The van der Waals surface area contributed by atoms with Crippen LogP contribution in [0.1, 0.15) is 6.92 Å². The minimum absolute atomic E-state index is 0.241. The van der Waals surface area contributed by atoms with Crippen molar-refractivity contribution in [3.8, 4) is 0 Å². The molecule has 0 aromatic heterocycles. The fraction of sp³-hybridized carbons (Fsp3) is 0.375. The Hall–Kier alpha value is -1.03. The third-order valence-electron chi connectivity index (χ3n) is 1.42. The Morgan fingerprint density at radius 1 is 1.53 bits per heavy atom. The zero-order chi connectivity index (χ0) is 13.5. The van der Waals surface area contributed by atoms with E-state index in [2.05, 4.69) is 14.9 Å². The van der Waals surface area contributed by atoms with Crippen LogP contribution in [0.25, 0.3) is 0 Å². The zero-order valence-corrected chi connectivity index (χ0v) is 10.6. The van der Waals surface area contributed by atoms with Crippen molar-refractivity contribution in [3.63, 3.8) is 0 Å². The van der Waals surface area contributed by atoms with Gasteiger partial charge >= 0.3 is 5.97 Å². The average molecular weight is 283 g/mol. The van der Waals surface area contributed by atoms with Crippen LogP contribution < -0.4 is 0 Å². The number of carbonyl (C=O) groups excluding carboxylic acids is 1. The van der Waals surface area contributed by atoms with E-state index in [1.807, 2.05) is 0 Å². The summed E-state index contributed by atoms with van der Waals surface area (Å²) in [6, 6.07) is 0. The summed E-state index contributed by atoms with van der Waals surface area (Å²) >= 11 is -3.16. The first-order valence-electron chi connectivity index (χ1n) is 4.27. The maximum atomic E-state index is 11.1. The highest BCUT2D eigenvalue weighted by Gasteiger charge is 2.14. The Labute approximate surface area is 102 Å². The Balaban J connectivity index is 4.17. The van der Waals surface area contributed by atoms with Crippen LogP contribution in [0.15, 0.2) is 24.3 Å². The molecule has 0 aromatic rings. The summed E-state index contributed by atoms with van der Waals surface area (Å²) in [4.78, 5) is 11.1. The Bertz CT molecular complexity index is 435. The van der Waals surface area contributed by atoms with E-state index in [4.69, 9.17) is 0 Å². The van der Waals surface area contributed by atoms with Gasteiger partial charge in [-0.1, -0.05) is 18.7 Å². The molecule has 0 heterocycles. The van der Waals surface area contributed by atoms with Gasteiger partial charge < -0.3 is 9.29 Å². The second kappa shape index (κ2) is 7.33. The van der Waals surface area contributed by atoms with E-state index >= 15 is 0 Å². The van der Waals surface area contributed by atoms with Crippen molar-refractivity contribution >= 4 is 27.4 Å². The van der Waals surface area contributed by atoms with Gasteiger partial charge in [0.05, 0.1) is 0 Å². The first-order valence-corrected chi connectivity index (χ1v) is 6.84. The van der Waals surface area contributed by atoms with Crippen LogP contribution in [-0.2, 0) is 34.6 Å². The van der Waals surface area contributed by atoms with Gasteiger partial charge in [-0.2, -0.15) is 12.0 Å². The number of hydrogen-bond acceptors (Lipinski definition) is 7. The van der Waals surface area contributed by atoms with Crippen molar-refractivity contribution in [2.24, 2.45) is 0 Å². The number of esters is 1. The summed E-state index contributed by atoms with van der Waals surface area (Å²) in [6.07, 6.45) is 2.76. The lowest BCUT2D eigenvalue weighted by Crippen LogP contribution is -2.18. The van der Waals surface area contributed by atoms with E-state index in [0.717, 1.165) is 0 Å². The molecule has 0 bridgehead atoms. The molecule has 9 heteroatoms. The molecule has 1 atom stereocenters. The number of carbonyl (C=O) groups is 1. The lowest BCUT2D eigenvalue weighted by Gasteiger charge is -2.07. The number of rotatable bonds is 7. The van der Waals surface area contributed by atoms with Gasteiger partial charge in [-0.15, -0.1) is 0 Å². The van der Waals surface area contributed by atoms with E-state index in [9.17, 15) is 22.0 Å². The fourth-order valence-corrected chi connectivity index (χ4v) is 1.95. The molecule has 0 saturated carbocycles. The van der Waals surface area contributed by atoms with E-state index in [-0.39, 0.29) is 5.57 Å². The standard InChI is InChI=1S/C8H12O7S2/c1-3-4-7(2)8(9)14-5-6-17(12,13)15-16(10)11/h3-4H,1,5-6H2,2H3,(H,10,11)/p-1. The predicted octanol–water partition coefficient (Wildman–Crippen LogP) is -0.198. The van der Waals surface area contributed by atoms with Gasteiger partial charge in [0.2, 0.25) is 0 Å². The summed E-state index contributed by atoms with van der Waals surface area (Å²) in [5.74, 6) is -1.46. The number of ether oxygens (including phenoxy) is 1. The smallest absolute Gasteiger partial charge is 0.333 e. The first-order chi connectivity index (χ1) is 7.78. The summed E-state index contributed by atoms with van der Waals surface area (Å²) < 4.78 is 49.9. The maximum Gasteiger partial charge on any atom is 0.333 e. The quantitative estimate of drug-likeness (QED) is 0.275. The van der Waals surface area contributed by atoms with Gasteiger partial charge in [-0.05, 0) is 6.92 Å².